The lowest BCUT2D eigenvalue weighted by atomic mass is 10.3. The molecule has 1 aliphatic rings. The van der Waals surface area contributed by atoms with Gasteiger partial charge in [0.05, 0.1) is 30.4 Å². The van der Waals surface area contributed by atoms with E-state index in [9.17, 15) is 9.59 Å². The van der Waals surface area contributed by atoms with Crippen molar-refractivity contribution in [3.05, 3.63) is 41.3 Å². The van der Waals surface area contributed by atoms with Gasteiger partial charge in [0.1, 0.15) is 12.4 Å². The van der Waals surface area contributed by atoms with Crippen molar-refractivity contribution >= 4 is 35.2 Å². The van der Waals surface area contributed by atoms with E-state index in [0.717, 1.165) is 25.3 Å². The summed E-state index contributed by atoms with van der Waals surface area (Å²) in [5.74, 6) is 0.777. The molecule has 3 amide bonds. The van der Waals surface area contributed by atoms with Crippen LogP contribution in [0, 0.1) is 6.92 Å². The predicted molar refractivity (Wildman–Crippen MR) is 126 cm³/mol. The van der Waals surface area contributed by atoms with Crippen LogP contribution in [0.3, 0.4) is 0 Å². The molecule has 0 saturated carbocycles. The van der Waals surface area contributed by atoms with Crippen LogP contribution in [0.2, 0.25) is 5.02 Å². The Morgan fingerprint density at radius 1 is 1.12 bits per heavy atom. The fraction of sp³-hybridized carbons (Fsp3) is 0.455. The molecule has 1 fully saturated rings. The second kappa shape index (κ2) is 12.8. The number of ether oxygens (including phenoxy) is 2. The number of anilines is 2. The van der Waals surface area contributed by atoms with Crippen LogP contribution in [0.5, 0.6) is 5.75 Å². The van der Waals surface area contributed by atoms with Crippen LogP contribution in [0.15, 0.2) is 30.6 Å². The Morgan fingerprint density at radius 2 is 1.94 bits per heavy atom. The van der Waals surface area contributed by atoms with Crippen molar-refractivity contribution in [2.45, 2.75) is 26.2 Å². The maximum absolute atomic E-state index is 12.3. The van der Waals surface area contributed by atoms with Crippen LogP contribution in [0.25, 0.3) is 0 Å². The zero-order valence-corrected chi connectivity index (χ0v) is 19.4. The number of likely N-dealkylation sites (tertiary alicyclic amines) is 1. The fourth-order valence-electron chi connectivity index (χ4n) is 3.22. The summed E-state index contributed by atoms with van der Waals surface area (Å²) in [4.78, 5) is 34.5. The number of carbonyl (C=O) groups excluding carboxylic acids is 2. The summed E-state index contributed by atoms with van der Waals surface area (Å²) in [7, 11) is 0. The van der Waals surface area contributed by atoms with E-state index in [4.69, 9.17) is 21.1 Å². The van der Waals surface area contributed by atoms with Gasteiger partial charge in [-0.2, -0.15) is 0 Å². The molecule has 11 heteroatoms. The Balaban J connectivity index is 1.37. The summed E-state index contributed by atoms with van der Waals surface area (Å²) in [6, 6.07) is 4.43. The third-order valence-corrected chi connectivity index (χ3v) is 5.13. The van der Waals surface area contributed by atoms with Gasteiger partial charge < -0.3 is 20.1 Å². The summed E-state index contributed by atoms with van der Waals surface area (Å²) >= 11 is 6.07. The maximum Gasteiger partial charge on any atom is 0.407 e. The monoisotopic (exact) mass is 476 g/mol. The number of hydrogen-bond donors (Lipinski definition) is 3. The topological polar surface area (TPSA) is 118 Å². The molecule has 2 heterocycles. The molecule has 1 aliphatic heterocycles. The highest BCUT2D eigenvalue weighted by Crippen LogP contribution is 2.28. The molecule has 0 unspecified atom stereocenters. The first kappa shape index (κ1) is 24.5. The van der Waals surface area contributed by atoms with Crippen molar-refractivity contribution in [3.63, 3.8) is 0 Å². The lowest BCUT2D eigenvalue weighted by Gasteiger charge is -2.15. The van der Waals surface area contributed by atoms with Gasteiger partial charge in [-0.3, -0.25) is 15.2 Å². The zero-order chi connectivity index (χ0) is 23.5. The standard InChI is InChI=1S/C22H29ClN6O4/c1-16-14-26-20(15-25-16)28-21(30)27-18-13-17(23)5-6-19(18)32-11-4-7-24-22(31)33-12-10-29-8-2-3-9-29/h5-6,13-15H,2-4,7-12H2,1H3,(H,24,31)(H2,26,27,28,30). The molecule has 33 heavy (non-hydrogen) atoms. The Labute approximate surface area is 198 Å². The highest BCUT2D eigenvalue weighted by molar-refractivity contribution is 6.31. The van der Waals surface area contributed by atoms with Gasteiger partial charge in [-0.25, -0.2) is 14.6 Å². The first-order chi connectivity index (χ1) is 16.0. The minimum atomic E-state index is -0.501. The molecule has 0 atom stereocenters. The molecule has 2 aromatic rings. The first-order valence-electron chi connectivity index (χ1n) is 10.9. The molecule has 3 N–H and O–H groups in total. The second-order valence-electron chi connectivity index (χ2n) is 7.58. The summed E-state index contributed by atoms with van der Waals surface area (Å²) in [5.41, 5.74) is 1.16. The van der Waals surface area contributed by atoms with Crippen LogP contribution >= 0.6 is 11.6 Å². The minimum Gasteiger partial charge on any atom is -0.491 e. The van der Waals surface area contributed by atoms with Crippen LogP contribution in [0.4, 0.5) is 21.1 Å². The van der Waals surface area contributed by atoms with Crippen LogP contribution < -0.4 is 20.7 Å². The molecular weight excluding hydrogens is 448 g/mol. The molecule has 0 aliphatic carbocycles. The van der Waals surface area contributed by atoms with Crippen molar-refractivity contribution in [2.24, 2.45) is 0 Å². The molecule has 0 bridgehead atoms. The average molecular weight is 477 g/mol. The van der Waals surface area contributed by atoms with E-state index >= 15 is 0 Å². The molecular formula is C22H29ClN6O4. The molecule has 178 valence electrons. The Morgan fingerprint density at radius 3 is 2.70 bits per heavy atom. The van der Waals surface area contributed by atoms with E-state index in [2.05, 4.69) is 30.8 Å². The van der Waals surface area contributed by atoms with Gasteiger partial charge in [0.15, 0.2) is 5.82 Å². The fourth-order valence-corrected chi connectivity index (χ4v) is 3.39. The number of carbonyl (C=O) groups is 2. The van der Waals surface area contributed by atoms with Gasteiger partial charge in [-0.05, 0) is 57.5 Å². The molecule has 0 radical (unpaired) electrons. The number of aryl methyl sites for hydroxylation is 1. The molecule has 3 rings (SSSR count). The largest absolute Gasteiger partial charge is 0.491 e. The van der Waals surface area contributed by atoms with Crippen LogP contribution in [-0.2, 0) is 4.74 Å². The van der Waals surface area contributed by atoms with E-state index < -0.39 is 12.1 Å². The molecule has 1 aromatic heterocycles. The Bertz CT molecular complexity index is 922. The Kier molecular flexibility index (Phi) is 9.52. The van der Waals surface area contributed by atoms with Crippen LogP contribution in [0.1, 0.15) is 25.0 Å². The van der Waals surface area contributed by atoms with Gasteiger partial charge in [0.2, 0.25) is 0 Å². The third-order valence-electron chi connectivity index (χ3n) is 4.90. The summed E-state index contributed by atoms with van der Waals surface area (Å²) in [6.45, 7) is 5.85. The van der Waals surface area contributed by atoms with Crippen molar-refractivity contribution in [3.8, 4) is 5.75 Å². The number of hydrogen-bond acceptors (Lipinski definition) is 7. The number of nitrogens with zero attached hydrogens (tertiary/aromatic N) is 3. The van der Waals surface area contributed by atoms with Crippen molar-refractivity contribution in [1.29, 1.82) is 0 Å². The van der Waals surface area contributed by atoms with Gasteiger partial charge in [-0.15, -0.1) is 0 Å². The lowest BCUT2D eigenvalue weighted by Crippen LogP contribution is -2.30. The second-order valence-corrected chi connectivity index (χ2v) is 8.01. The van der Waals surface area contributed by atoms with Crippen molar-refractivity contribution in [2.75, 3.05) is 50.0 Å². The van der Waals surface area contributed by atoms with Gasteiger partial charge >= 0.3 is 12.1 Å². The quantitative estimate of drug-likeness (QED) is 0.448. The predicted octanol–water partition coefficient (Wildman–Crippen LogP) is 3.67. The molecule has 1 aromatic carbocycles. The first-order valence-corrected chi connectivity index (χ1v) is 11.3. The third kappa shape index (κ3) is 8.74. The summed E-state index contributed by atoms with van der Waals surface area (Å²) < 4.78 is 11.0. The van der Waals surface area contributed by atoms with Crippen molar-refractivity contribution in [1.82, 2.24) is 20.2 Å². The number of rotatable bonds is 10. The summed E-state index contributed by atoms with van der Waals surface area (Å²) in [6.07, 6.45) is 5.58. The van der Waals surface area contributed by atoms with E-state index in [0.29, 0.717) is 48.5 Å². The lowest BCUT2D eigenvalue weighted by molar-refractivity contribution is 0.132. The molecule has 1 saturated heterocycles. The average Bonchev–Trinajstić information content (AvgIpc) is 3.30. The highest BCUT2D eigenvalue weighted by Gasteiger charge is 2.12. The number of amides is 3. The van der Waals surface area contributed by atoms with Gasteiger partial charge in [0, 0.05) is 18.1 Å². The Hall–Kier alpha value is -3.11. The van der Waals surface area contributed by atoms with Crippen molar-refractivity contribution < 1.29 is 19.1 Å². The summed E-state index contributed by atoms with van der Waals surface area (Å²) in [5, 5.41) is 8.46. The number of urea groups is 1. The van der Waals surface area contributed by atoms with E-state index in [1.165, 1.54) is 19.0 Å². The molecule has 10 nitrogen and oxygen atoms in total. The normalized spacial score (nSPS) is 13.4. The van der Waals surface area contributed by atoms with Gasteiger partial charge in [-0.1, -0.05) is 11.6 Å². The van der Waals surface area contributed by atoms with Crippen LogP contribution in [-0.4, -0.2) is 66.4 Å². The highest BCUT2D eigenvalue weighted by atomic mass is 35.5. The molecule has 0 spiro atoms. The van der Waals surface area contributed by atoms with E-state index in [1.807, 2.05) is 0 Å². The maximum atomic E-state index is 12.3. The van der Waals surface area contributed by atoms with E-state index in [-0.39, 0.29) is 0 Å². The van der Waals surface area contributed by atoms with E-state index in [1.54, 1.807) is 31.3 Å². The number of nitrogens with one attached hydrogen (secondary N) is 3. The number of benzene rings is 1. The van der Waals surface area contributed by atoms with Gasteiger partial charge in [0.25, 0.3) is 0 Å². The SMILES string of the molecule is Cc1cnc(NC(=O)Nc2cc(Cl)ccc2OCCCNC(=O)OCCN2CCCC2)cn1. The zero-order valence-electron chi connectivity index (χ0n) is 18.6. The number of halogens is 1. The number of aromatic nitrogens is 2. The smallest absolute Gasteiger partial charge is 0.407 e. The number of alkyl carbamates (subject to hydrolysis) is 1. The minimum absolute atomic E-state index is 0.320.